The van der Waals surface area contributed by atoms with Gasteiger partial charge < -0.3 is 20.3 Å². The van der Waals surface area contributed by atoms with Gasteiger partial charge in [-0.1, -0.05) is 0 Å². The Morgan fingerprint density at radius 1 is 1.00 bits per heavy atom. The molecule has 7 heteroatoms. The van der Waals surface area contributed by atoms with Crippen LogP contribution in [0, 0.1) is 0 Å². The average Bonchev–Trinajstić information content (AvgIpc) is 2.47. The highest BCUT2D eigenvalue weighted by Gasteiger charge is 2.12. The summed E-state index contributed by atoms with van der Waals surface area (Å²) in [5, 5.41) is 30.4. The molecule has 0 bridgehead atoms. The summed E-state index contributed by atoms with van der Waals surface area (Å²) < 4.78 is 0. The zero-order valence-electron chi connectivity index (χ0n) is 11.7. The largest absolute Gasteiger partial charge is 0.508 e. The maximum Gasteiger partial charge on any atom is 0.409 e. The van der Waals surface area contributed by atoms with Crippen molar-refractivity contribution in [3.63, 3.8) is 0 Å². The van der Waals surface area contributed by atoms with E-state index in [0.29, 0.717) is 22.2 Å². The van der Waals surface area contributed by atoms with Gasteiger partial charge in [0.15, 0.2) is 5.43 Å². The molecule has 0 fully saturated rings. The van der Waals surface area contributed by atoms with E-state index >= 15 is 0 Å². The Hall–Kier alpha value is -3.48. The normalized spacial score (nSPS) is 10.6. The Labute approximate surface area is 129 Å². The lowest BCUT2D eigenvalue weighted by Crippen LogP contribution is -2.09. The van der Waals surface area contributed by atoms with Gasteiger partial charge in [0.2, 0.25) is 0 Å². The number of aromatic nitrogens is 1. The number of phenolic OH excluding ortho intramolecular Hbond substituents is 2. The molecular formula is C16H12N2O5. The molecule has 3 aromatic rings. The first-order valence-corrected chi connectivity index (χ1v) is 6.63. The maximum absolute atomic E-state index is 12.2. The monoisotopic (exact) mass is 312 g/mol. The molecule has 116 valence electrons. The number of rotatable bonds is 2. The molecule has 0 aliphatic carbocycles. The quantitative estimate of drug-likeness (QED) is 0.498. The molecule has 0 radical (unpaired) electrons. The van der Waals surface area contributed by atoms with Crippen molar-refractivity contribution in [2.75, 3.05) is 5.32 Å². The minimum absolute atomic E-state index is 0.0198. The van der Waals surface area contributed by atoms with E-state index in [1.54, 1.807) is 6.07 Å². The second-order valence-corrected chi connectivity index (χ2v) is 4.94. The zero-order chi connectivity index (χ0) is 16.6. The lowest BCUT2D eigenvalue weighted by molar-refractivity contribution is 0.210. The van der Waals surface area contributed by atoms with Gasteiger partial charge in [-0.05, 0) is 30.3 Å². The predicted molar refractivity (Wildman–Crippen MR) is 85.0 cm³/mol. The van der Waals surface area contributed by atoms with Gasteiger partial charge in [-0.2, -0.15) is 0 Å². The van der Waals surface area contributed by atoms with Crippen molar-refractivity contribution in [2.45, 2.75) is 0 Å². The molecule has 0 saturated heterocycles. The summed E-state index contributed by atoms with van der Waals surface area (Å²) in [5.74, 6) is -0.126. The van der Waals surface area contributed by atoms with Crippen molar-refractivity contribution >= 4 is 22.7 Å². The number of carbonyl (C=O) groups is 1. The van der Waals surface area contributed by atoms with Crippen molar-refractivity contribution in [1.82, 2.24) is 4.98 Å². The number of fused-ring (bicyclic) bond motifs is 1. The number of pyridine rings is 1. The van der Waals surface area contributed by atoms with Crippen LogP contribution in [0.2, 0.25) is 0 Å². The number of H-pyrrole nitrogens is 1. The molecule has 0 aliphatic heterocycles. The fourth-order valence-electron chi connectivity index (χ4n) is 2.37. The average molecular weight is 312 g/mol. The number of aromatic amines is 1. The second-order valence-electron chi connectivity index (χ2n) is 4.94. The van der Waals surface area contributed by atoms with Crippen LogP contribution in [0.1, 0.15) is 0 Å². The highest BCUT2D eigenvalue weighted by molar-refractivity contribution is 5.91. The van der Waals surface area contributed by atoms with Crippen LogP contribution in [0.3, 0.4) is 0 Å². The highest BCUT2D eigenvalue weighted by Crippen LogP contribution is 2.30. The summed E-state index contributed by atoms with van der Waals surface area (Å²) in [4.78, 5) is 26.1. The molecule has 2 aromatic carbocycles. The van der Waals surface area contributed by atoms with E-state index in [1.165, 1.54) is 36.4 Å². The number of amides is 1. The molecular weight excluding hydrogens is 300 g/mol. The number of aromatic hydroxyl groups is 2. The van der Waals surface area contributed by atoms with Crippen molar-refractivity contribution < 1.29 is 20.1 Å². The summed E-state index contributed by atoms with van der Waals surface area (Å²) in [6, 6.07) is 9.80. The van der Waals surface area contributed by atoms with E-state index in [9.17, 15) is 19.8 Å². The van der Waals surface area contributed by atoms with E-state index in [-0.39, 0.29) is 22.6 Å². The minimum atomic E-state index is -1.29. The number of nitrogens with one attached hydrogen (secondary N) is 2. The minimum Gasteiger partial charge on any atom is -0.508 e. The van der Waals surface area contributed by atoms with Gasteiger partial charge in [0.25, 0.3) is 0 Å². The summed E-state index contributed by atoms with van der Waals surface area (Å²) in [6.45, 7) is 0. The number of benzene rings is 2. The van der Waals surface area contributed by atoms with Crippen LogP contribution in [-0.4, -0.2) is 26.4 Å². The fraction of sp³-hybridized carbons (Fsp3) is 0. The summed E-state index contributed by atoms with van der Waals surface area (Å²) >= 11 is 0. The Morgan fingerprint density at radius 3 is 2.43 bits per heavy atom. The first-order chi connectivity index (χ1) is 10.9. The Balaban J connectivity index is 2.23. The Morgan fingerprint density at radius 2 is 1.70 bits per heavy atom. The highest BCUT2D eigenvalue weighted by atomic mass is 16.4. The van der Waals surface area contributed by atoms with Gasteiger partial charge in [-0.15, -0.1) is 0 Å². The number of hydrogen-bond acceptors (Lipinski definition) is 4. The van der Waals surface area contributed by atoms with Crippen molar-refractivity contribution in [1.29, 1.82) is 0 Å². The van der Waals surface area contributed by atoms with Crippen molar-refractivity contribution in [3.05, 3.63) is 52.7 Å². The van der Waals surface area contributed by atoms with E-state index in [2.05, 4.69) is 10.3 Å². The van der Waals surface area contributed by atoms with Crippen LogP contribution in [0.15, 0.2) is 47.3 Å². The molecule has 3 rings (SSSR count). The summed E-state index contributed by atoms with van der Waals surface area (Å²) in [7, 11) is 0. The SMILES string of the molecule is O=C(O)Nc1cc(O)ccc1-c1cc(=O)c2cc(O)ccc2[nH]1. The number of hydrogen-bond donors (Lipinski definition) is 5. The van der Waals surface area contributed by atoms with Gasteiger partial charge in [-0.3, -0.25) is 10.1 Å². The summed E-state index contributed by atoms with van der Waals surface area (Å²) in [6.07, 6.45) is -1.29. The van der Waals surface area contributed by atoms with E-state index < -0.39 is 6.09 Å². The molecule has 1 heterocycles. The molecule has 1 amide bonds. The zero-order valence-corrected chi connectivity index (χ0v) is 11.7. The standard InChI is InChI=1S/C16H12N2O5/c19-8-2-4-12-11(5-8)15(21)7-14(17-12)10-3-1-9(20)6-13(10)18-16(22)23/h1-7,18-20H,(H,17,21)(H,22,23). The molecule has 0 saturated carbocycles. The third-order valence-corrected chi connectivity index (χ3v) is 3.35. The van der Waals surface area contributed by atoms with Crippen LogP contribution < -0.4 is 10.7 Å². The molecule has 0 unspecified atom stereocenters. The van der Waals surface area contributed by atoms with Crippen LogP contribution in [0.5, 0.6) is 11.5 Å². The van der Waals surface area contributed by atoms with Crippen molar-refractivity contribution in [3.8, 4) is 22.8 Å². The lowest BCUT2D eigenvalue weighted by atomic mass is 10.1. The van der Waals surface area contributed by atoms with Crippen LogP contribution in [0.4, 0.5) is 10.5 Å². The molecule has 1 aromatic heterocycles. The Kier molecular flexibility index (Phi) is 3.38. The molecule has 0 spiro atoms. The number of carboxylic acid groups (broad SMARTS) is 1. The number of anilines is 1. The van der Waals surface area contributed by atoms with Gasteiger partial charge in [0, 0.05) is 28.6 Å². The van der Waals surface area contributed by atoms with Gasteiger partial charge in [-0.25, -0.2) is 4.79 Å². The topological polar surface area (TPSA) is 123 Å². The van der Waals surface area contributed by atoms with E-state index in [4.69, 9.17) is 5.11 Å². The van der Waals surface area contributed by atoms with Crippen LogP contribution in [-0.2, 0) is 0 Å². The van der Waals surface area contributed by atoms with Crippen LogP contribution in [0.25, 0.3) is 22.2 Å². The molecule has 0 aliphatic rings. The third kappa shape index (κ3) is 2.80. The predicted octanol–water partition coefficient (Wildman–Crippen LogP) is 2.70. The smallest absolute Gasteiger partial charge is 0.409 e. The second kappa shape index (κ2) is 5.38. The first-order valence-electron chi connectivity index (χ1n) is 6.63. The number of phenols is 2. The molecule has 0 atom stereocenters. The third-order valence-electron chi connectivity index (χ3n) is 3.35. The first kappa shape index (κ1) is 14.5. The van der Waals surface area contributed by atoms with Crippen molar-refractivity contribution in [2.24, 2.45) is 0 Å². The van der Waals surface area contributed by atoms with E-state index in [0.717, 1.165) is 0 Å². The molecule has 23 heavy (non-hydrogen) atoms. The van der Waals surface area contributed by atoms with Gasteiger partial charge in [0.1, 0.15) is 11.5 Å². The fourth-order valence-corrected chi connectivity index (χ4v) is 2.37. The maximum atomic E-state index is 12.2. The van der Waals surface area contributed by atoms with Crippen LogP contribution >= 0.6 is 0 Å². The van der Waals surface area contributed by atoms with Gasteiger partial charge in [0.05, 0.1) is 11.4 Å². The summed E-state index contributed by atoms with van der Waals surface area (Å²) in [5.41, 5.74) is 1.12. The van der Waals surface area contributed by atoms with Gasteiger partial charge >= 0.3 is 6.09 Å². The molecule has 5 N–H and O–H groups in total. The Bertz CT molecular complexity index is 978. The molecule has 7 nitrogen and oxygen atoms in total. The van der Waals surface area contributed by atoms with E-state index in [1.807, 2.05) is 0 Å². The lowest BCUT2D eigenvalue weighted by Gasteiger charge is -2.11.